The molecule has 0 aromatic heterocycles. The molecule has 0 bridgehead atoms. The fraction of sp³-hybridized carbons (Fsp3) is 0.625. The van der Waals surface area contributed by atoms with Gasteiger partial charge < -0.3 is 10.1 Å². The van der Waals surface area contributed by atoms with Crippen molar-refractivity contribution in [1.82, 2.24) is 10.2 Å². The van der Waals surface area contributed by atoms with E-state index in [1.54, 1.807) is 0 Å². The summed E-state index contributed by atoms with van der Waals surface area (Å²) in [5.41, 5.74) is 1.37. The van der Waals surface area contributed by atoms with E-state index >= 15 is 0 Å². The first-order chi connectivity index (χ1) is 9.74. The first-order valence-corrected chi connectivity index (χ1v) is 8.48. The highest BCUT2D eigenvalue weighted by Crippen LogP contribution is 2.19. The van der Waals surface area contributed by atoms with Crippen LogP contribution in [0.4, 0.5) is 0 Å². The summed E-state index contributed by atoms with van der Waals surface area (Å²) >= 11 is 1.95. The lowest BCUT2D eigenvalue weighted by atomic mass is 10.2. The summed E-state index contributed by atoms with van der Waals surface area (Å²) in [6.45, 7) is 10.4. The standard InChI is InChI=1S/C16H26N2OS/c1-14(2)17-13-15-4-3-5-16(12-15)20-11-8-18-6-9-19-10-7-18/h3-5,12,14,17H,6-11,13H2,1-2H3. The molecule has 0 atom stereocenters. The number of ether oxygens (including phenoxy) is 1. The molecule has 1 fully saturated rings. The van der Waals surface area contributed by atoms with Gasteiger partial charge in [-0.3, -0.25) is 4.90 Å². The average molecular weight is 294 g/mol. The van der Waals surface area contributed by atoms with Crippen molar-refractivity contribution in [2.45, 2.75) is 31.3 Å². The Kier molecular flexibility index (Phi) is 6.87. The lowest BCUT2D eigenvalue weighted by Crippen LogP contribution is -2.37. The van der Waals surface area contributed by atoms with Crippen LogP contribution in [0.5, 0.6) is 0 Å². The van der Waals surface area contributed by atoms with Gasteiger partial charge >= 0.3 is 0 Å². The van der Waals surface area contributed by atoms with Crippen molar-refractivity contribution in [2.24, 2.45) is 0 Å². The summed E-state index contributed by atoms with van der Waals surface area (Å²) in [6.07, 6.45) is 0. The Bertz CT molecular complexity index is 392. The molecule has 112 valence electrons. The van der Waals surface area contributed by atoms with Gasteiger partial charge in [0.25, 0.3) is 0 Å². The van der Waals surface area contributed by atoms with Gasteiger partial charge in [-0.1, -0.05) is 26.0 Å². The number of nitrogens with zero attached hydrogens (tertiary/aromatic N) is 1. The van der Waals surface area contributed by atoms with E-state index in [-0.39, 0.29) is 0 Å². The van der Waals surface area contributed by atoms with E-state index in [1.165, 1.54) is 10.5 Å². The van der Waals surface area contributed by atoms with Crippen molar-refractivity contribution < 1.29 is 4.74 Å². The molecule has 1 saturated heterocycles. The maximum Gasteiger partial charge on any atom is 0.0594 e. The molecule has 2 rings (SSSR count). The molecule has 0 unspecified atom stereocenters. The van der Waals surface area contributed by atoms with Crippen LogP contribution in [0.3, 0.4) is 0 Å². The predicted molar refractivity (Wildman–Crippen MR) is 86.4 cm³/mol. The van der Waals surface area contributed by atoms with Crippen LogP contribution in [-0.4, -0.2) is 49.5 Å². The lowest BCUT2D eigenvalue weighted by molar-refractivity contribution is 0.0410. The summed E-state index contributed by atoms with van der Waals surface area (Å²) in [5.74, 6) is 1.15. The Morgan fingerprint density at radius 1 is 1.30 bits per heavy atom. The Morgan fingerprint density at radius 2 is 2.10 bits per heavy atom. The van der Waals surface area contributed by atoms with Gasteiger partial charge in [0, 0.05) is 42.9 Å². The van der Waals surface area contributed by atoms with E-state index in [1.807, 2.05) is 11.8 Å². The molecule has 0 saturated carbocycles. The number of hydrogen-bond acceptors (Lipinski definition) is 4. The third kappa shape index (κ3) is 5.83. The van der Waals surface area contributed by atoms with Crippen molar-refractivity contribution in [3.8, 4) is 0 Å². The van der Waals surface area contributed by atoms with Gasteiger partial charge in [-0.05, 0) is 17.7 Å². The molecule has 1 heterocycles. The third-order valence-electron chi connectivity index (χ3n) is 3.39. The number of benzene rings is 1. The fourth-order valence-corrected chi connectivity index (χ4v) is 3.18. The molecule has 1 aromatic carbocycles. The molecule has 0 amide bonds. The Morgan fingerprint density at radius 3 is 2.85 bits per heavy atom. The topological polar surface area (TPSA) is 24.5 Å². The first kappa shape index (κ1) is 15.8. The molecule has 20 heavy (non-hydrogen) atoms. The number of hydrogen-bond donors (Lipinski definition) is 1. The van der Waals surface area contributed by atoms with Crippen LogP contribution in [0, 0.1) is 0 Å². The van der Waals surface area contributed by atoms with E-state index in [4.69, 9.17) is 4.74 Å². The first-order valence-electron chi connectivity index (χ1n) is 7.49. The maximum absolute atomic E-state index is 5.37. The molecule has 1 N–H and O–H groups in total. The molecule has 3 nitrogen and oxygen atoms in total. The van der Waals surface area contributed by atoms with Crippen LogP contribution in [0.25, 0.3) is 0 Å². The van der Waals surface area contributed by atoms with Crippen molar-refractivity contribution >= 4 is 11.8 Å². The zero-order valence-corrected chi connectivity index (χ0v) is 13.4. The number of rotatable bonds is 7. The van der Waals surface area contributed by atoms with Crippen LogP contribution in [0.1, 0.15) is 19.4 Å². The highest BCUT2D eigenvalue weighted by Gasteiger charge is 2.09. The lowest BCUT2D eigenvalue weighted by Gasteiger charge is -2.26. The Balaban J connectivity index is 1.73. The summed E-state index contributed by atoms with van der Waals surface area (Å²) in [6, 6.07) is 9.41. The minimum atomic E-state index is 0.535. The third-order valence-corrected chi connectivity index (χ3v) is 4.37. The van der Waals surface area contributed by atoms with Crippen LogP contribution < -0.4 is 5.32 Å². The molecular formula is C16H26N2OS. The zero-order chi connectivity index (χ0) is 14.2. The normalized spacial score (nSPS) is 16.8. The molecule has 1 aliphatic heterocycles. The zero-order valence-electron chi connectivity index (χ0n) is 12.6. The summed E-state index contributed by atoms with van der Waals surface area (Å²) < 4.78 is 5.37. The quantitative estimate of drug-likeness (QED) is 0.781. The average Bonchev–Trinajstić information content (AvgIpc) is 2.47. The van der Waals surface area contributed by atoms with Crippen LogP contribution >= 0.6 is 11.8 Å². The molecule has 0 aliphatic carbocycles. The highest BCUT2D eigenvalue weighted by atomic mass is 32.2. The van der Waals surface area contributed by atoms with Crippen LogP contribution in [0.15, 0.2) is 29.2 Å². The minimum Gasteiger partial charge on any atom is -0.379 e. The van der Waals surface area contributed by atoms with Crippen LogP contribution in [-0.2, 0) is 11.3 Å². The molecule has 0 radical (unpaired) electrons. The van der Waals surface area contributed by atoms with Gasteiger partial charge in [-0.2, -0.15) is 0 Å². The van der Waals surface area contributed by atoms with E-state index in [9.17, 15) is 0 Å². The van der Waals surface area contributed by atoms with Gasteiger partial charge in [-0.15, -0.1) is 11.8 Å². The number of nitrogens with one attached hydrogen (secondary N) is 1. The van der Waals surface area contributed by atoms with E-state index in [0.717, 1.165) is 45.1 Å². The second kappa shape index (κ2) is 8.67. The second-order valence-corrected chi connectivity index (χ2v) is 6.65. The van der Waals surface area contributed by atoms with E-state index in [2.05, 4.69) is 48.3 Å². The second-order valence-electron chi connectivity index (χ2n) is 5.49. The monoisotopic (exact) mass is 294 g/mol. The van der Waals surface area contributed by atoms with E-state index in [0.29, 0.717) is 6.04 Å². The number of thioether (sulfide) groups is 1. The largest absolute Gasteiger partial charge is 0.379 e. The molecular weight excluding hydrogens is 268 g/mol. The molecule has 0 spiro atoms. The van der Waals surface area contributed by atoms with Gasteiger partial charge in [0.1, 0.15) is 0 Å². The van der Waals surface area contributed by atoms with Crippen molar-refractivity contribution in [3.63, 3.8) is 0 Å². The van der Waals surface area contributed by atoms with Crippen molar-refractivity contribution in [1.29, 1.82) is 0 Å². The Labute approximate surface area is 127 Å². The number of morpholine rings is 1. The fourth-order valence-electron chi connectivity index (χ4n) is 2.18. The highest BCUT2D eigenvalue weighted by molar-refractivity contribution is 7.99. The SMILES string of the molecule is CC(C)NCc1cccc(SCCN2CCOCC2)c1. The molecule has 1 aromatic rings. The predicted octanol–water partition coefficient (Wildman–Crippen LogP) is 2.61. The smallest absolute Gasteiger partial charge is 0.0594 e. The van der Waals surface area contributed by atoms with E-state index < -0.39 is 0 Å². The summed E-state index contributed by atoms with van der Waals surface area (Å²) in [4.78, 5) is 3.86. The van der Waals surface area contributed by atoms with Crippen LogP contribution in [0.2, 0.25) is 0 Å². The van der Waals surface area contributed by atoms with Gasteiger partial charge in [0.05, 0.1) is 13.2 Å². The minimum absolute atomic E-state index is 0.535. The van der Waals surface area contributed by atoms with Crippen molar-refractivity contribution in [3.05, 3.63) is 29.8 Å². The molecule has 1 aliphatic rings. The van der Waals surface area contributed by atoms with Gasteiger partial charge in [0.15, 0.2) is 0 Å². The Hall–Kier alpha value is -0.550. The molecule has 4 heteroatoms. The van der Waals surface area contributed by atoms with Crippen molar-refractivity contribution in [2.75, 3.05) is 38.6 Å². The van der Waals surface area contributed by atoms with Gasteiger partial charge in [0.2, 0.25) is 0 Å². The van der Waals surface area contributed by atoms with Gasteiger partial charge in [-0.25, -0.2) is 0 Å². The maximum atomic E-state index is 5.37. The summed E-state index contributed by atoms with van der Waals surface area (Å²) in [7, 11) is 0. The summed E-state index contributed by atoms with van der Waals surface area (Å²) in [5, 5.41) is 3.47.